The summed E-state index contributed by atoms with van der Waals surface area (Å²) in [5.74, 6) is 0. The van der Waals surface area contributed by atoms with Gasteiger partial charge in [-0.1, -0.05) is 33.8 Å². The number of hydrogen-bond donors (Lipinski definition) is 0. The van der Waals surface area contributed by atoms with Gasteiger partial charge in [0, 0.05) is 11.2 Å². The largest absolute Gasteiger partial charge is 0.144 e. The second kappa shape index (κ2) is 10.3. The van der Waals surface area contributed by atoms with Crippen LogP contribution in [0.2, 0.25) is 0 Å². The Balaban J connectivity index is 0. The van der Waals surface area contributed by atoms with Gasteiger partial charge in [-0.15, -0.1) is 22.7 Å². The van der Waals surface area contributed by atoms with Crippen molar-refractivity contribution in [3.8, 4) is 0 Å². The maximum absolute atomic E-state index is 2.19. The Morgan fingerprint density at radius 1 is 0.941 bits per heavy atom. The molecular weight excluding hydrogens is 244 g/mol. The first-order valence-electron chi connectivity index (χ1n) is 6.12. The predicted molar refractivity (Wildman–Crippen MR) is 87.1 cm³/mol. The molecule has 2 aromatic rings. The van der Waals surface area contributed by atoms with E-state index in [1.54, 1.807) is 22.7 Å². The van der Waals surface area contributed by atoms with Crippen LogP contribution in [0.1, 0.15) is 44.4 Å². The van der Waals surface area contributed by atoms with Crippen molar-refractivity contribution in [2.45, 2.75) is 34.6 Å². The highest BCUT2D eigenvalue weighted by molar-refractivity contribution is 7.11. The zero-order valence-electron chi connectivity index (χ0n) is 11.4. The standard InChI is InChI=1S/C11H10S2.2C2H6.H2/c1-9-6-8-13-11(9)5-4-10-3-2-7-12-10;2*1-2;/h2-8H,1H3;2*1-2H3;1H/b5-4+;;;. The first-order chi connectivity index (χ1) is 8.36. The van der Waals surface area contributed by atoms with Crippen LogP contribution in [-0.4, -0.2) is 0 Å². The molecule has 0 aliphatic rings. The second-order valence-electron chi connectivity index (χ2n) is 2.82. The van der Waals surface area contributed by atoms with Gasteiger partial charge in [0.1, 0.15) is 0 Å². The molecule has 0 nitrogen and oxygen atoms in total. The van der Waals surface area contributed by atoms with Crippen LogP contribution in [0.15, 0.2) is 29.0 Å². The van der Waals surface area contributed by atoms with E-state index in [4.69, 9.17) is 0 Å². The van der Waals surface area contributed by atoms with Gasteiger partial charge in [0.2, 0.25) is 0 Å². The predicted octanol–water partition coefficient (Wildman–Crippen LogP) is 6.59. The van der Waals surface area contributed by atoms with E-state index in [0.717, 1.165) is 0 Å². The zero-order valence-corrected chi connectivity index (χ0v) is 13.0. The molecule has 0 aromatic carbocycles. The second-order valence-corrected chi connectivity index (χ2v) is 4.74. The molecule has 0 spiro atoms. The van der Waals surface area contributed by atoms with Crippen LogP contribution in [0.4, 0.5) is 0 Å². The van der Waals surface area contributed by atoms with Crippen LogP contribution in [-0.2, 0) is 0 Å². The van der Waals surface area contributed by atoms with Crippen molar-refractivity contribution < 1.29 is 1.43 Å². The Labute approximate surface area is 115 Å². The van der Waals surface area contributed by atoms with Gasteiger partial charge in [-0.2, -0.15) is 0 Å². The molecule has 0 amide bonds. The van der Waals surface area contributed by atoms with E-state index in [-0.39, 0.29) is 1.43 Å². The smallest absolute Gasteiger partial charge is 0.0299 e. The van der Waals surface area contributed by atoms with E-state index < -0.39 is 0 Å². The van der Waals surface area contributed by atoms with Crippen LogP contribution in [0.5, 0.6) is 0 Å². The number of aryl methyl sites for hydroxylation is 1. The first kappa shape index (κ1) is 16.1. The lowest BCUT2D eigenvalue weighted by Gasteiger charge is -1.87. The molecule has 2 aromatic heterocycles. The van der Waals surface area contributed by atoms with Crippen LogP contribution in [0, 0.1) is 6.92 Å². The highest BCUT2D eigenvalue weighted by Gasteiger charge is 1.93. The van der Waals surface area contributed by atoms with Crippen molar-refractivity contribution in [2.24, 2.45) is 0 Å². The summed E-state index contributed by atoms with van der Waals surface area (Å²) >= 11 is 3.56. The fraction of sp³-hybridized carbons (Fsp3) is 0.333. The summed E-state index contributed by atoms with van der Waals surface area (Å²) in [6.07, 6.45) is 4.36. The Bertz CT molecular complexity index is 400. The molecule has 0 aliphatic heterocycles. The number of hydrogen-bond acceptors (Lipinski definition) is 2. The van der Waals surface area contributed by atoms with E-state index in [0.29, 0.717) is 0 Å². The molecule has 0 fully saturated rings. The van der Waals surface area contributed by atoms with Crippen molar-refractivity contribution in [1.82, 2.24) is 0 Å². The molecule has 0 saturated carbocycles. The van der Waals surface area contributed by atoms with E-state index >= 15 is 0 Å². The number of rotatable bonds is 2. The fourth-order valence-corrected chi connectivity index (χ4v) is 2.54. The maximum atomic E-state index is 2.19. The van der Waals surface area contributed by atoms with Gasteiger partial charge >= 0.3 is 0 Å². The molecule has 0 N–H and O–H groups in total. The molecule has 0 aliphatic carbocycles. The van der Waals surface area contributed by atoms with Gasteiger partial charge in [-0.05, 0) is 47.5 Å². The molecule has 0 atom stereocenters. The van der Waals surface area contributed by atoms with E-state index in [2.05, 4.69) is 48.0 Å². The van der Waals surface area contributed by atoms with Gasteiger partial charge < -0.3 is 0 Å². The van der Waals surface area contributed by atoms with Crippen LogP contribution in [0.25, 0.3) is 12.2 Å². The van der Waals surface area contributed by atoms with Gasteiger partial charge in [0.15, 0.2) is 0 Å². The SMILES string of the molecule is CC.CC.Cc1ccsc1/C=C/c1cccs1.[HH]. The van der Waals surface area contributed by atoms with Gasteiger partial charge in [-0.3, -0.25) is 0 Å². The minimum Gasteiger partial charge on any atom is -0.144 e. The average molecular weight is 268 g/mol. The molecule has 96 valence electrons. The lowest BCUT2D eigenvalue weighted by atomic mass is 10.2. The summed E-state index contributed by atoms with van der Waals surface area (Å²) < 4.78 is 0. The van der Waals surface area contributed by atoms with E-state index in [1.807, 2.05) is 27.7 Å². The highest BCUT2D eigenvalue weighted by Crippen LogP contribution is 2.19. The third-order valence-electron chi connectivity index (χ3n) is 1.84. The van der Waals surface area contributed by atoms with Crippen molar-refractivity contribution >= 4 is 34.8 Å². The normalized spacial score (nSPS) is 9.24. The Hall–Kier alpha value is -0.860. The fourth-order valence-electron chi connectivity index (χ4n) is 1.10. The minimum absolute atomic E-state index is 0. The Morgan fingerprint density at radius 3 is 2.12 bits per heavy atom. The molecule has 0 radical (unpaired) electrons. The van der Waals surface area contributed by atoms with Crippen molar-refractivity contribution in [1.29, 1.82) is 0 Å². The summed E-state index contributed by atoms with van der Waals surface area (Å²) in [4.78, 5) is 2.67. The lowest BCUT2D eigenvalue weighted by Crippen LogP contribution is -1.66. The minimum atomic E-state index is 0. The Kier molecular flexibility index (Phi) is 9.78. The monoisotopic (exact) mass is 268 g/mol. The molecule has 0 unspecified atom stereocenters. The molecule has 2 heteroatoms. The summed E-state index contributed by atoms with van der Waals surface area (Å²) in [6, 6.07) is 6.36. The topological polar surface area (TPSA) is 0 Å². The van der Waals surface area contributed by atoms with E-state index in [9.17, 15) is 0 Å². The average Bonchev–Trinajstić information content (AvgIpc) is 3.03. The molecule has 2 rings (SSSR count). The van der Waals surface area contributed by atoms with Gasteiger partial charge in [0.25, 0.3) is 0 Å². The van der Waals surface area contributed by atoms with Crippen LogP contribution >= 0.6 is 22.7 Å². The first-order valence-corrected chi connectivity index (χ1v) is 7.88. The molecule has 0 bridgehead atoms. The third kappa shape index (κ3) is 5.85. The van der Waals surface area contributed by atoms with Crippen molar-refractivity contribution in [2.75, 3.05) is 0 Å². The van der Waals surface area contributed by atoms with Crippen molar-refractivity contribution in [3.05, 3.63) is 44.3 Å². The van der Waals surface area contributed by atoms with Crippen LogP contribution in [0.3, 0.4) is 0 Å². The molecule has 2 heterocycles. The Morgan fingerprint density at radius 2 is 1.65 bits per heavy atom. The van der Waals surface area contributed by atoms with Crippen molar-refractivity contribution in [3.63, 3.8) is 0 Å². The summed E-state index contributed by atoms with van der Waals surface area (Å²) in [6.45, 7) is 10.1. The highest BCUT2D eigenvalue weighted by atomic mass is 32.1. The lowest BCUT2D eigenvalue weighted by molar-refractivity contribution is 1.50. The molecular formula is C15H24S2. The quantitative estimate of drug-likeness (QED) is 0.576. The summed E-state index contributed by atoms with van der Waals surface area (Å²) in [5.41, 5.74) is 1.36. The summed E-state index contributed by atoms with van der Waals surface area (Å²) in [5, 5.41) is 4.23. The van der Waals surface area contributed by atoms with Gasteiger partial charge in [0.05, 0.1) is 0 Å². The zero-order chi connectivity index (χ0) is 13.1. The van der Waals surface area contributed by atoms with E-state index in [1.165, 1.54) is 15.3 Å². The third-order valence-corrected chi connectivity index (χ3v) is 3.67. The van der Waals surface area contributed by atoms with Gasteiger partial charge in [-0.25, -0.2) is 0 Å². The van der Waals surface area contributed by atoms with Crippen LogP contribution < -0.4 is 0 Å². The molecule has 0 saturated heterocycles. The molecule has 17 heavy (non-hydrogen) atoms. The summed E-state index contributed by atoms with van der Waals surface area (Å²) in [7, 11) is 0. The maximum Gasteiger partial charge on any atom is 0.0299 e. The number of thiophene rings is 2.